The molecule has 3 heterocycles. The molecule has 9 nitrogen and oxygen atoms in total. The summed E-state index contributed by atoms with van der Waals surface area (Å²) >= 11 is 1.51. The standard InChI is InChI=1S/C31H26N6O3S2/c1-20-35-28(22-9-11-24(12-10-22)37(31(33)38)23-5-3-2-4-6-23)29(41-20)26-15-17-34-30-27(26)16-18-36(30)42(39,40)25-13-7-21(19-32)8-14-25/h2-18H,19,32H2,1H3,(H2,33,38). The van der Waals surface area contributed by atoms with Crippen LogP contribution in [0.1, 0.15) is 10.6 Å². The van der Waals surface area contributed by atoms with Crippen LogP contribution in [-0.2, 0) is 16.6 Å². The van der Waals surface area contributed by atoms with Crippen molar-refractivity contribution in [3.8, 4) is 21.7 Å². The Balaban J connectivity index is 1.40. The van der Waals surface area contributed by atoms with E-state index in [1.54, 1.807) is 36.5 Å². The van der Waals surface area contributed by atoms with E-state index in [4.69, 9.17) is 16.5 Å². The molecule has 11 heteroatoms. The summed E-state index contributed by atoms with van der Waals surface area (Å²) in [7, 11) is -3.89. The Morgan fingerprint density at radius 1 is 0.929 bits per heavy atom. The van der Waals surface area contributed by atoms with E-state index < -0.39 is 16.1 Å². The monoisotopic (exact) mass is 594 g/mol. The summed E-state index contributed by atoms with van der Waals surface area (Å²) in [6.45, 7) is 2.25. The average Bonchev–Trinajstić information content (AvgIpc) is 3.62. The van der Waals surface area contributed by atoms with Crippen LogP contribution in [0.2, 0.25) is 0 Å². The first-order chi connectivity index (χ1) is 20.3. The first-order valence-electron chi connectivity index (χ1n) is 13.0. The molecule has 0 spiro atoms. The normalized spacial score (nSPS) is 11.6. The van der Waals surface area contributed by atoms with Crippen molar-refractivity contribution in [1.29, 1.82) is 0 Å². The van der Waals surface area contributed by atoms with Gasteiger partial charge >= 0.3 is 6.03 Å². The van der Waals surface area contributed by atoms with E-state index >= 15 is 0 Å². The number of urea groups is 1. The topological polar surface area (TPSA) is 137 Å². The predicted octanol–water partition coefficient (Wildman–Crippen LogP) is 6.05. The van der Waals surface area contributed by atoms with Gasteiger partial charge in [0.05, 0.1) is 31.8 Å². The molecule has 0 unspecified atom stereocenters. The largest absolute Gasteiger partial charge is 0.351 e. The van der Waals surface area contributed by atoms with E-state index in [0.717, 1.165) is 32.3 Å². The van der Waals surface area contributed by atoms with E-state index in [1.165, 1.54) is 26.4 Å². The third-order valence-electron chi connectivity index (χ3n) is 6.88. The fraction of sp³-hybridized carbons (Fsp3) is 0.0645. The Labute approximate surface area is 246 Å². The molecule has 6 rings (SSSR count). The minimum absolute atomic E-state index is 0.152. The van der Waals surface area contributed by atoms with Gasteiger partial charge in [-0.05, 0) is 61.0 Å². The van der Waals surface area contributed by atoms with Gasteiger partial charge in [0, 0.05) is 35.5 Å². The third kappa shape index (κ3) is 4.83. The zero-order valence-electron chi connectivity index (χ0n) is 22.5. The molecule has 3 aromatic carbocycles. The number of benzene rings is 3. The van der Waals surface area contributed by atoms with Crippen LogP contribution in [0.15, 0.2) is 108 Å². The Morgan fingerprint density at radius 3 is 2.29 bits per heavy atom. The van der Waals surface area contributed by atoms with Crippen molar-refractivity contribution >= 4 is 49.8 Å². The van der Waals surface area contributed by atoms with Crippen LogP contribution in [0.25, 0.3) is 32.7 Å². The molecule has 42 heavy (non-hydrogen) atoms. The van der Waals surface area contributed by atoms with Gasteiger partial charge in [-0.15, -0.1) is 11.3 Å². The number of aromatic nitrogens is 3. The molecule has 0 saturated carbocycles. The van der Waals surface area contributed by atoms with Crippen LogP contribution in [-0.4, -0.2) is 28.4 Å². The third-order valence-corrected chi connectivity index (χ3v) is 9.57. The van der Waals surface area contributed by atoms with Crippen LogP contribution < -0.4 is 16.4 Å². The zero-order valence-corrected chi connectivity index (χ0v) is 24.1. The van der Waals surface area contributed by atoms with Crippen molar-refractivity contribution in [1.82, 2.24) is 13.9 Å². The Morgan fingerprint density at radius 2 is 1.62 bits per heavy atom. The summed E-state index contributed by atoms with van der Waals surface area (Å²) in [6.07, 6.45) is 3.13. The number of primary amides is 1. The van der Waals surface area contributed by atoms with Gasteiger partial charge in [0.1, 0.15) is 0 Å². The number of amides is 2. The minimum Gasteiger partial charge on any atom is -0.351 e. The fourth-order valence-electron chi connectivity index (χ4n) is 4.87. The van der Waals surface area contributed by atoms with Gasteiger partial charge in [0.15, 0.2) is 5.65 Å². The molecular formula is C31H26N6O3S2. The van der Waals surface area contributed by atoms with Crippen LogP contribution in [0.5, 0.6) is 0 Å². The van der Waals surface area contributed by atoms with E-state index in [9.17, 15) is 13.2 Å². The lowest BCUT2D eigenvalue weighted by molar-refractivity contribution is 0.256. The van der Waals surface area contributed by atoms with Gasteiger partial charge in [-0.25, -0.2) is 27.2 Å². The van der Waals surface area contributed by atoms with E-state index in [1.807, 2.05) is 67.6 Å². The number of nitrogens with two attached hydrogens (primary N) is 2. The molecule has 0 saturated heterocycles. The molecule has 3 aromatic heterocycles. The number of thiazole rings is 1. The lowest BCUT2D eigenvalue weighted by Gasteiger charge is -2.20. The predicted molar refractivity (Wildman–Crippen MR) is 166 cm³/mol. The van der Waals surface area contributed by atoms with Gasteiger partial charge in [0.25, 0.3) is 10.0 Å². The van der Waals surface area contributed by atoms with E-state index in [-0.39, 0.29) is 4.90 Å². The number of aryl methyl sites for hydroxylation is 1. The highest BCUT2D eigenvalue weighted by Gasteiger charge is 2.23. The molecule has 6 aromatic rings. The number of para-hydroxylation sites is 1. The van der Waals surface area contributed by atoms with Crippen LogP contribution in [0, 0.1) is 6.92 Å². The summed E-state index contributed by atoms with van der Waals surface area (Å²) in [5, 5.41) is 1.54. The highest BCUT2D eigenvalue weighted by molar-refractivity contribution is 7.90. The second-order valence-electron chi connectivity index (χ2n) is 9.53. The second-order valence-corrected chi connectivity index (χ2v) is 12.5. The van der Waals surface area contributed by atoms with Crippen molar-refractivity contribution in [2.45, 2.75) is 18.4 Å². The summed E-state index contributed by atoms with van der Waals surface area (Å²) in [5.74, 6) is 0. The average molecular weight is 595 g/mol. The van der Waals surface area contributed by atoms with Gasteiger partial charge < -0.3 is 11.5 Å². The number of anilines is 2. The molecule has 0 aliphatic heterocycles. The van der Waals surface area contributed by atoms with Crippen molar-refractivity contribution in [3.05, 3.63) is 114 Å². The lowest BCUT2D eigenvalue weighted by atomic mass is 10.0. The van der Waals surface area contributed by atoms with Crippen LogP contribution in [0.4, 0.5) is 16.2 Å². The lowest BCUT2D eigenvalue weighted by Crippen LogP contribution is -2.31. The highest BCUT2D eigenvalue weighted by Crippen LogP contribution is 2.41. The van der Waals surface area contributed by atoms with Gasteiger partial charge in [-0.3, -0.25) is 4.90 Å². The molecule has 0 bridgehead atoms. The molecule has 0 aliphatic carbocycles. The fourth-order valence-corrected chi connectivity index (χ4v) is 7.15. The first kappa shape index (κ1) is 27.3. The number of carbonyl (C=O) groups excluding carboxylic acids is 1. The summed E-state index contributed by atoms with van der Waals surface area (Å²) < 4.78 is 28.3. The smallest absolute Gasteiger partial charge is 0.323 e. The maximum Gasteiger partial charge on any atom is 0.323 e. The number of hydrogen-bond acceptors (Lipinski definition) is 7. The maximum atomic E-state index is 13.5. The number of rotatable bonds is 7. The molecular weight excluding hydrogens is 569 g/mol. The number of nitrogens with zero attached hydrogens (tertiary/aromatic N) is 4. The van der Waals surface area contributed by atoms with Crippen molar-refractivity contribution in [3.63, 3.8) is 0 Å². The van der Waals surface area contributed by atoms with Crippen molar-refractivity contribution in [2.24, 2.45) is 11.5 Å². The molecule has 0 fully saturated rings. The molecule has 0 aliphatic rings. The molecule has 0 radical (unpaired) electrons. The van der Waals surface area contributed by atoms with Gasteiger partial charge in [-0.1, -0.05) is 42.5 Å². The number of hydrogen-bond donors (Lipinski definition) is 2. The highest BCUT2D eigenvalue weighted by atomic mass is 32.2. The molecule has 4 N–H and O–H groups in total. The number of carbonyl (C=O) groups is 1. The number of pyridine rings is 1. The minimum atomic E-state index is -3.89. The zero-order chi connectivity index (χ0) is 29.4. The second kappa shape index (κ2) is 10.9. The van der Waals surface area contributed by atoms with Crippen molar-refractivity contribution < 1.29 is 13.2 Å². The van der Waals surface area contributed by atoms with E-state index in [2.05, 4.69) is 4.98 Å². The number of fused-ring (bicyclic) bond motifs is 1. The van der Waals surface area contributed by atoms with Crippen LogP contribution in [0.3, 0.4) is 0 Å². The first-order valence-corrected chi connectivity index (χ1v) is 15.3. The van der Waals surface area contributed by atoms with Gasteiger partial charge in [0.2, 0.25) is 0 Å². The summed E-state index contributed by atoms with van der Waals surface area (Å²) in [4.78, 5) is 24.0. The molecule has 0 atom stereocenters. The molecule has 2 amide bonds. The SMILES string of the molecule is Cc1nc(-c2ccc(N(C(N)=O)c3ccccc3)cc2)c(-c2ccnc3c2ccn3S(=O)(=O)c2ccc(CN)cc2)s1. The van der Waals surface area contributed by atoms with E-state index in [0.29, 0.717) is 29.0 Å². The van der Waals surface area contributed by atoms with Gasteiger partial charge in [-0.2, -0.15) is 0 Å². The summed E-state index contributed by atoms with van der Waals surface area (Å²) in [5.41, 5.74) is 16.2. The Bertz CT molecular complexity index is 2020. The van der Waals surface area contributed by atoms with Crippen LogP contribution >= 0.6 is 11.3 Å². The molecule has 210 valence electrons. The van der Waals surface area contributed by atoms with Crippen molar-refractivity contribution in [2.75, 3.05) is 4.90 Å². The quantitative estimate of drug-likeness (QED) is 0.231. The summed E-state index contributed by atoms with van der Waals surface area (Å²) in [6, 6.07) is 26.2. The maximum absolute atomic E-state index is 13.5. The Kier molecular flexibility index (Phi) is 7.07. The Hall–Kier alpha value is -4.84.